The predicted octanol–water partition coefficient (Wildman–Crippen LogP) is 5.47. The van der Waals surface area contributed by atoms with Gasteiger partial charge in [0.2, 0.25) is 0 Å². The van der Waals surface area contributed by atoms with E-state index in [1.54, 1.807) is 0 Å². The highest BCUT2D eigenvalue weighted by molar-refractivity contribution is 7.72. The first-order valence-electron chi connectivity index (χ1n) is 5.59. The van der Waals surface area contributed by atoms with E-state index in [-0.39, 0.29) is 21.1 Å². The average Bonchev–Trinajstić information content (AvgIpc) is 2.37. The highest BCUT2D eigenvalue weighted by Gasteiger charge is 2.30. The lowest BCUT2D eigenvalue weighted by atomic mass is 10.1. The fraction of sp³-hybridized carbons (Fsp3) is 0.0714. The number of halogens is 4. The Bertz CT molecular complexity index is 880. The second-order valence-electron chi connectivity index (χ2n) is 4.28. The van der Waals surface area contributed by atoms with Crippen molar-refractivity contribution in [2.24, 2.45) is 0 Å². The molecular formula is C14H6F4OS. The van der Waals surface area contributed by atoms with Crippen LogP contribution in [0.3, 0.4) is 0 Å². The Kier molecular flexibility index (Phi) is 2.79. The summed E-state index contributed by atoms with van der Waals surface area (Å²) in [7, 11) is 0. The summed E-state index contributed by atoms with van der Waals surface area (Å²) in [5, 5.41) is 0.599. The van der Waals surface area contributed by atoms with Gasteiger partial charge in [-0.1, -0.05) is 12.2 Å². The Morgan fingerprint density at radius 2 is 1.65 bits per heavy atom. The molecule has 0 radical (unpaired) electrons. The van der Waals surface area contributed by atoms with Gasteiger partial charge < -0.3 is 4.42 Å². The van der Waals surface area contributed by atoms with E-state index in [4.69, 9.17) is 16.6 Å². The molecule has 0 N–H and O–H groups in total. The van der Waals surface area contributed by atoms with Crippen molar-refractivity contribution in [3.8, 4) is 0 Å². The molecule has 0 unspecified atom stereocenters. The monoisotopic (exact) mass is 298 g/mol. The lowest BCUT2D eigenvalue weighted by Crippen LogP contribution is -2.04. The molecule has 0 amide bonds. The van der Waals surface area contributed by atoms with Gasteiger partial charge in [-0.3, -0.25) is 0 Å². The van der Waals surface area contributed by atoms with Gasteiger partial charge in [0, 0.05) is 16.8 Å². The largest absolute Gasteiger partial charge is 0.456 e. The fourth-order valence-electron chi connectivity index (χ4n) is 2.00. The van der Waals surface area contributed by atoms with Crippen LogP contribution in [0.25, 0.3) is 21.9 Å². The molecule has 3 rings (SSSR count). The number of alkyl halides is 3. The van der Waals surface area contributed by atoms with Gasteiger partial charge in [0.25, 0.3) is 0 Å². The zero-order chi connectivity index (χ0) is 14.5. The number of fused-ring (bicyclic) bond motifs is 2. The Labute approximate surface area is 115 Å². The van der Waals surface area contributed by atoms with Crippen molar-refractivity contribution in [3.63, 3.8) is 0 Å². The highest BCUT2D eigenvalue weighted by Crippen LogP contribution is 2.33. The molecule has 0 saturated heterocycles. The summed E-state index contributed by atoms with van der Waals surface area (Å²) < 4.78 is 56.9. The molecule has 1 aromatic heterocycles. The van der Waals surface area contributed by atoms with E-state index in [0.717, 1.165) is 18.2 Å². The van der Waals surface area contributed by atoms with Crippen LogP contribution < -0.4 is 0 Å². The first-order valence-corrected chi connectivity index (χ1v) is 6.00. The SMILES string of the molecule is Fc1ccc2c(=S)c3cc(C(F)(F)F)ccc3oc2c1. The van der Waals surface area contributed by atoms with Gasteiger partial charge in [0.15, 0.2) is 0 Å². The molecule has 6 heteroatoms. The van der Waals surface area contributed by atoms with Crippen LogP contribution in [0, 0.1) is 10.3 Å². The van der Waals surface area contributed by atoms with Crippen molar-refractivity contribution in [2.45, 2.75) is 6.18 Å². The predicted molar refractivity (Wildman–Crippen MR) is 69.5 cm³/mol. The topological polar surface area (TPSA) is 13.1 Å². The van der Waals surface area contributed by atoms with Crippen LogP contribution in [0.1, 0.15) is 5.56 Å². The molecule has 0 atom stereocenters. The second kappa shape index (κ2) is 4.28. The summed E-state index contributed by atoms with van der Waals surface area (Å²) in [5.74, 6) is -0.498. The maximum absolute atomic E-state index is 13.1. The lowest BCUT2D eigenvalue weighted by molar-refractivity contribution is -0.137. The maximum atomic E-state index is 13.1. The van der Waals surface area contributed by atoms with Crippen molar-refractivity contribution in [1.82, 2.24) is 0 Å². The van der Waals surface area contributed by atoms with Crippen molar-refractivity contribution >= 4 is 34.2 Å². The molecular weight excluding hydrogens is 292 g/mol. The van der Waals surface area contributed by atoms with Crippen molar-refractivity contribution in [2.75, 3.05) is 0 Å². The van der Waals surface area contributed by atoms with E-state index >= 15 is 0 Å². The first-order chi connectivity index (χ1) is 9.36. The fourth-order valence-corrected chi connectivity index (χ4v) is 2.33. The Morgan fingerprint density at radius 3 is 2.35 bits per heavy atom. The van der Waals surface area contributed by atoms with Crippen LogP contribution in [0.5, 0.6) is 0 Å². The van der Waals surface area contributed by atoms with Gasteiger partial charge in [-0.05, 0) is 30.3 Å². The minimum absolute atomic E-state index is 0.189. The third kappa shape index (κ3) is 2.06. The number of benzene rings is 2. The number of hydrogen-bond donors (Lipinski definition) is 0. The summed E-state index contributed by atoms with van der Waals surface area (Å²) in [6.45, 7) is 0. The summed E-state index contributed by atoms with van der Waals surface area (Å²) in [6.07, 6.45) is -4.45. The molecule has 0 aliphatic carbocycles. The minimum Gasteiger partial charge on any atom is -0.456 e. The molecule has 0 saturated carbocycles. The molecule has 20 heavy (non-hydrogen) atoms. The zero-order valence-electron chi connectivity index (χ0n) is 9.79. The minimum atomic E-state index is -4.45. The van der Waals surface area contributed by atoms with Crippen LogP contribution in [-0.2, 0) is 6.18 Å². The highest BCUT2D eigenvalue weighted by atomic mass is 32.1. The van der Waals surface area contributed by atoms with Gasteiger partial charge in [0.05, 0.1) is 10.1 Å². The van der Waals surface area contributed by atoms with E-state index in [1.165, 1.54) is 18.2 Å². The molecule has 0 aliphatic rings. The zero-order valence-corrected chi connectivity index (χ0v) is 10.6. The smallest absolute Gasteiger partial charge is 0.416 e. The molecule has 102 valence electrons. The standard InChI is InChI=1S/C14H6F4OS/c15-8-2-3-9-12(6-8)19-11-4-1-7(14(16,17)18)5-10(11)13(9)20/h1-6H. The first kappa shape index (κ1) is 13.1. The van der Waals surface area contributed by atoms with Crippen LogP contribution in [-0.4, -0.2) is 0 Å². The van der Waals surface area contributed by atoms with Gasteiger partial charge in [-0.2, -0.15) is 13.2 Å². The Hall–Kier alpha value is -1.95. The van der Waals surface area contributed by atoms with Gasteiger partial charge in [-0.15, -0.1) is 0 Å². The van der Waals surface area contributed by atoms with Crippen LogP contribution in [0.4, 0.5) is 17.6 Å². The number of rotatable bonds is 0. The van der Waals surface area contributed by atoms with E-state index in [9.17, 15) is 17.6 Å². The molecule has 2 aromatic carbocycles. The van der Waals surface area contributed by atoms with Crippen LogP contribution in [0.2, 0.25) is 0 Å². The molecule has 0 spiro atoms. The van der Waals surface area contributed by atoms with E-state index in [0.29, 0.717) is 5.39 Å². The van der Waals surface area contributed by atoms with Gasteiger partial charge >= 0.3 is 6.18 Å². The Balaban J connectivity index is 2.42. The summed E-state index contributed by atoms with van der Waals surface area (Å²) >= 11 is 5.17. The molecule has 0 aliphatic heterocycles. The van der Waals surface area contributed by atoms with Crippen LogP contribution >= 0.6 is 12.2 Å². The van der Waals surface area contributed by atoms with E-state index in [1.807, 2.05) is 0 Å². The van der Waals surface area contributed by atoms with Gasteiger partial charge in [-0.25, -0.2) is 4.39 Å². The van der Waals surface area contributed by atoms with Crippen LogP contribution in [0.15, 0.2) is 40.8 Å². The van der Waals surface area contributed by atoms with E-state index < -0.39 is 17.6 Å². The number of hydrogen-bond acceptors (Lipinski definition) is 2. The van der Waals surface area contributed by atoms with Gasteiger partial charge in [0.1, 0.15) is 17.0 Å². The van der Waals surface area contributed by atoms with Crippen molar-refractivity contribution in [3.05, 3.63) is 52.3 Å². The summed E-state index contributed by atoms with van der Waals surface area (Å²) in [5.41, 5.74) is -0.392. The summed E-state index contributed by atoms with van der Waals surface area (Å²) in [4.78, 5) is 0. The molecule has 0 bridgehead atoms. The normalized spacial score (nSPS) is 12.2. The third-order valence-corrected chi connectivity index (χ3v) is 3.40. The average molecular weight is 298 g/mol. The molecule has 1 nitrogen and oxygen atoms in total. The van der Waals surface area contributed by atoms with Crippen molar-refractivity contribution < 1.29 is 22.0 Å². The van der Waals surface area contributed by atoms with Crippen molar-refractivity contribution in [1.29, 1.82) is 0 Å². The quantitative estimate of drug-likeness (QED) is 0.310. The molecule has 0 fully saturated rings. The third-order valence-electron chi connectivity index (χ3n) is 2.96. The molecule has 3 aromatic rings. The summed E-state index contributed by atoms with van der Waals surface area (Å²) in [6, 6.07) is 6.79. The Morgan fingerprint density at radius 1 is 0.900 bits per heavy atom. The second-order valence-corrected chi connectivity index (χ2v) is 4.69. The maximum Gasteiger partial charge on any atom is 0.416 e. The van der Waals surface area contributed by atoms with E-state index in [2.05, 4.69) is 0 Å². The molecule has 1 heterocycles. The lowest BCUT2D eigenvalue weighted by Gasteiger charge is -2.08.